The summed E-state index contributed by atoms with van der Waals surface area (Å²) in [5, 5.41) is 2.03. The first-order chi connectivity index (χ1) is 13.9. The minimum absolute atomic E-state index is 0.0400. The van der Waals surface area contributed by atoms with E-state index in [9.17, 15) is 24.0 Å². The van der Waals surface area contributed by atoms with E-state index < -0.39 is 46.2 Å². The molecule has 0 unspecified atom stereocenters. The van der Waals surface area contributed by atoms with Gasteiger partial charge in [0.15, 0.2) is 0 Å². The van der Waals surface area contributed by atoms with Crippen LogP contribution in [0.1, 0.15) is 26.3 Å². The number of thioether (sulfide) groups is 1. The number of aromatic amines is 1. The lowest BCUT2D eigenvalue weighted by molar-refractivity contribution is -0.151. The van der Waals surface area contributed by atoms with Gasteiger partial charge in [-0.25, -0.2) is 14.4 Å². The van der Waals surface area contributed by atoms with E-state index >= 15 is 0 Å². The monoisotopic (exact) mass is 442 g/mol. The van der Waals surface area contributed by atoms with Gasteiger partial charge in [-0.3, -0.25) is 19.1 Å². The van der Waals surface area contributed by atoms with Crippen molar-refractivity contribution in [2.24, 2.45) is 0 Å². The van der Waals surface area contributed by atoms with Gasteiger partial charge in [0.1, 0.15) is 18.2 Å². The summed E-state index contributed by atoms with van der Waals surface area (Å²) < 4.78 is 11.0. The molecule has 0 aliphatic carbocycles. The second-order valence-corrected chi connectivity index (χ2v) is 8.92. The number of methoxy groups -OCH3 is 1. The Bertz CT molecular complexity index is 934. The number of H-pyrrole nitrogens is 1. The summed E-state index contributed by atoms with van der Waals surface area (Å²) in [6.07, 6.45) is 0.633. The van der Waals surface area contributed by atoms with E-state index in [1.165, 1.54) is 36.9 Å². The number of carbonyl (C=O) groups is 3. The Balaban J connectivity index is 2.19. The number of nitrogens with zero attached hydrogens (tertiary/aromatic N) is 2. The minimum atomic E-state index is -0.863. The number of aryl methyl sites for hydroxylation is 1. The maximum Gasteiger partial charge on any atom is 0.407 e. The highest BCUT2D eigenvalue weighted by molar-refractivity contribution is 8.00. The summed E-state index contributed by atoms with van der Waals surface area (Å²) >= 11 is 1.30. The number of carbonyl (C=O) groups excluding carboxylic acids is 3. The van der Waals surface area contributed by atoms with E-state index in [2.05, 4.69) is 10.3 Å². The van der Waals surface area contributed by atoms with Crippen LogP contribution in [0.5, 0.6) is 0 Å². The molecule has 2 amide bonds. The van der Waals surface area contributed by atoms with Crippen LogP contribution in [0.15, 0.2) is 15.8 Å². The van der Waals surface area contributed by atoms with Crippen LogP contribution in [0, 0.1) is 6.92 Å². The summed E-state index contributed by atoms with van der Waals surface area (Å²) in [7, 11) is 1.22. The molecule has 11 nitrogen and oxygen atoms in total. The van der Waals surface area contributed by atoms with Crippen LogP contribution in [0.25, 0.3) is 0 Å². The van der Waals surface area contributed by atoms with Gasteiger partial charge in [-0.2, -0.15) is 0 Å². The molecule has 0 spiro atoms. The quantitative estimate of drug-likeness (QED) is 0.598. The molecule has 1 fully saturated rings. The molecule has 1 aliphatic heterocycles. The third-order valence-corrected chi connectivity index (χ3v) is 5.45. The van der Waals surface area contributed by atoms with E-state index in [1.807, 2.05) is 0 Å². The summed E-state index contributed by atoms with van der Waals surface area (Å²) in [5.41, 5.74) is -1.68. The van der Waals surface area contributed by atoms with Crippen LogP contribution in [-0.2, 0) is 25.6 Å². The Morgan fingerprint density at radius 1 is 1.30 bits per heavy atom. The Labute approximate surface area is 177 Å². The lowest BCUT2D eigenvalue weighted by Crippen LogP contribution is -2.51. The third-order valence-electron chi connectivity index (χ3n) is 4.17. The normalized spacial score (nSPS) is 18.8. The van der Waals surface area contributed by atoms with Crippen molar-refractivity contribution in [1.29, 1.82) is 0 Å². The van der Waals surface area contributed by atoms with Crippen LogP contribution >= 0.6 is 11.8 Å². The number of hydrogen-bond acceptors (Lipinski definition) is 8. The van der Waals surface area contributed by atoms with Gasteiger partial charge in [-0.1, -0.05) is 0 Å². The zero-order chi connectivity index (χ0) is 22.6. The Hall–Kier alpha value is -2.76. The average molecular weight is 442 g/mol. The number of ether oxygens (including phenoxy) is 2. The highest BCUT2D eigenvalue weighted by Gasteiger charge is 2.42. The molecule has 166 valence electrons. The van der Waals surface area contributed by atoms with Crippen molar-refractivity contribution in [3.8, 4) is 0 Å². The summed E-state index contributed by atoms with van der Waals surface area (Å²) in [5.74, 6) is -0.848. The number of hydrogen-bond donors (Lipinski definition) is 2. The molecule has 2 rings (SSSR count). The van der Waals surface area contributed by atoms with Crippen LogP contribution in [0.4, 0.5) is 4.79 Å². The molecule has 2 N–H and O–H groups in total. The van der Waals surface area contributed by atoms with Crippen molar-refractivity contribution in [2.75, 3.05) is 19.4 Å². The fourth-order valence-electron chi connectivity index (χ4n) is 2.82. The molecule has 30 heavy (non-hydrogen) atoms. The molecular formula is C18H26N4O7S. The van der Waals surface area contributed by atoms with Crippen LogP contribution < -0.4 is 16.6 Å². The first-order valence-corrected chi connectivity index (χ1v) is 10.3. The molecule has 1 aromatic rings. The Morgan fingerprint density at radius 3 is 2.57 bits per heavy atom. The van der Waals surface area contributed by atoms with Crippen molar-refractivity contribution in [2.45, 2.75) is 51.3 Å². The molecule has 12 heteroatoms. The largest absolute Gasteiger partial charge is 0.467 e. The van der Waals surface area contributed by atoms with E-state index in [4.69, 9.17) is 9.47 Å². The van der Waals surface area contributed by atoms with Gasteiger partial charge in [0.25, 0.3) is 5.56 Å². The minimum Gasteiger partial charge on any atom is -0.467 e. The zero-order valence-corrected chi connectivity index (χ0v) is 18.3. The molecule has 0 bridgehead atoms. The summed E-state index contributed by atoms with van der Waals surface area (Å²) in [6, 6.07) is -0.863. The molecule has 0 aromatic carbocycles. The second-order valence-electron chi connectivity index (χ2n) is 7.71. The number of amides is 2. The number of rotatable bonds is 5. The topological polar surface area (TPSA) is 140 Å². The molecule has 1 saturated heterocycles. The van der Waals surface area contributed by atoms with E-state index in [0.717, 1.165) is 4.57 Å². The fraction of sp³-hybridized carbons (Fsp3) is 0.611. The van der Waals surface area contributed by atoms with Crippen molar-refractivity contribution < 1.29 is 23.9 Å². The second kappa shape index (κ2) is 9.37. The predicted octanol–water partition coefficient (Wildman–Crippen LogP) is -0.187. The van der Waals surface area contributed by atoms with E-state index in [1.54, 1.807) is 20.8 Å². The van der Waals surface area contributed by atoms with Gasteiger partial charge in [-0.05, 0) is 27.7 Å². The zero-order valence-electron chi connectivity index (χ0n) is 17.5. The van der Waals surface area contributed by atoms with Gasteiger partial charge in [0, 0.05) is 17.5 Å². The smallest absolute Gasteiger partial charge is 0.407 e. The van der Waals surface area contributed by atoms with Crippen molar-refractivity contribution in [1.82, 2.24) is 19.8 Å². The molecule has 0 saturated carbocycles. The number of esters is 1. The molecule has 2 heterocycles. The summed E-state index contributed by atoms with van der Waals surface area (Å²) in [4.78, 5) is 64.1. The summed E-state index contributed by atoms with van der Waals surface area (Å²) in [6.45, 7) is 6.35. The lowest BCUT2D eigenvalue weighted by Gasteiger charge is -2.29. The highest BCUT2D eigenvalue weighted by atomic mass is 32.2. The van der Waals surface area contributed by atoms with Crippen LogP contribution in [-0.4, -0.2) is 68.8 Å². The Morgan fingerprint density at radius 2 is 1.97 bits per heavy atom. The first-order valence-electron chi connectivity index (χ1n) is 9.20. The predicted molar refractivity (Wildman–Crippen MR) is 109 cm³/mol. The lowest BCUT2D eigenvalue weighted by atomic mass is 10.2. The van der Waals surface area contributed by atoms with Gasteiger partial charge in [-0.15, -0.1) is 11.8 Å². The fourth-order valence-corrected chi connectivity index (χ4v) is 4.15. The van der Waals surface area contributed by atoms with Gasteiger partial charge in [0.05, 0.1) is 19.0 Å². The number of nitrogens with one attached hydrogen (secondary N) is 2. The third kappa shape index (κ3) is 5.88. The maximum atomic E-state index is 13.0. The van der Waals surface area contributed by atoms with Crippen molar-refractivity contribution in [3.05, 3.63) is 32.6 Å². The van der Waals surface area contributed by atoms with Crippen LogP contribution in [0.2, 0.25) is 0 Å². The molecular weight excluding hydrogens is 416 g/mol. The van der Waals surface area contributed by atoms with Gasteiger partial charge in [0.2, 0.25) is 5.91 Å². The SMILES string of the molecule is COC(=O)[C@@H]1CS[C@H](CNC(=O)OC(C)(C)C)N1C(=O)Cn1cc(C)c(=O)[nH]c1=O. The van der Waals surface area contributed by atoms with Crippen LogP contribution in [0.3, 0.4) is 0 Å². The molecule has 0 radical (unpaired) electrons. The van der Waals surface area contributed by atoms with E-state index in [0.29, 0.717) is 0 Å². The number of alkyl carbamates (subject to hydrolysis) is 1. The van der Waals surface area contributed by atoms with Gasteiger partial charge >= 0.3 is 17.8 Å². The molecule has 1 aliphatic rings. The van der Waals surface area contributed by atoms with Crippen molar-refractivity contribution >= 4 is 29.7 Å². The van der Waals surface area contributed by atoms with Gasteiger partial charge < -0.3 is 19.7 Å². The van der Waals surface area contributed by atoms with Crippen molar-refractivity contribution in [3.63, 3.8) is 0 Å². The molecule has 1 aromatic heterocycles. The number of aromatic nitrogens is 2. The first kappa shape index (κ1) is 23.5. The Kier molecular flexibility index (Phi) is 7.34. The average Bonchev–Trinajstić information content (AvgIpc) is 3.06. The molecule has 2 atom stereocenters. The maximum absolute atomic E-state index is 13.0. The van der Waals surface area contributed by atoms with E-state index in [-0.39, 0.29) is 24.4 Å². The highest BCUT2D eigenvalue weighted by Crippen LogP contribution is 2.29. The standard InChI is InChI=1S/C18H26N4O7S/c1-10-7-21(16(26)20-14(10)24)8-12(23)22-11(15(25)28-5)9-30-13(22)6-19-17(27)29-18(2,3)4/h7,11,13H,6,8-9H2,1-5H3,(H,19,27)(H,20,24,26)/t11-,13+/m0/s1.